The molecule has 1 radical (unpaired) electrons. The van der Waals surface area contributed by atoms with Crippen molar-refractivity contribution < 1.29 is 32.7 Å². The summed E-state index contributed by atoms with van der Waals surface area (Å²) in [6.07, 6.45) is 6.87. The van der Waals surface area contributed by atoms with E-state index in [9.17, 15) is 0 Å². The molecular formula is C10H19Y-. The molecule has 0 atom stereocenters. The van der Waals surface area contributed by atoms with Crippen LogP contribution in [0.2, 0.25) is 0 Å². The second-order valence-corrected chi connectivity index (χ2v) is 3.97. The van der Waals surface area contributed by atoms with Crippen LogP contribution in [0.5, 0.6) is 0 Å². The van der Waals surface area contributed by atoms with Gasteiger partial charge in [-0.05, 0) is 18.8 Å². The van der Waals surface area contributed by atoms with Crippen LogP contribution in [0, 0.1) is 18.3 Å². The molecule has 0 spiro atoms. The van der Waals surface area contributed by atoms with Crippen molar-refractivity contribution in [1.82, 2.24) is 0 Å². The van der Waals surface area contributed by atoms with Crippen LogP contribution in [0.25, 0.3) is 0 Å². The zero-order valence-corrected chi connectivity index (χ0v) is 10.7. The van der Waals surface area contributed by atoms with Gasteiger partial charge in [0.25, 0.3) is 0 Å². The average Bonchev–Trinajstić information content (AvgIpc) is 2.35. The third-order valence-corrected chi connectivity index (χ3v) is 3.32. The smallest absolute Gasteiger partial charge is 0 e. The van der Waals surface area contributed by atoms with Crippen molar-refractivity contribution in [2.75, 3.05) is 0 Å². The number of rotatable bonds is 2. The van der Waals surface area contributed by atoms with Crippen molar-refractivity contribution in [1.29, 1.82) is 0 Å². The third-order valence-electron chi connectivity index (χ3n) is 3.32. The van der Waals surface area contributed by atoms with Crippen molar-refractivity contribution in [2.24, 2.45) is 11.3 Å². The summed E-state index contributed by atoms with van der Waals surface area (Å²) in [6.45, 7) is 8.75. The van der Waals surface area contributed by atoms with Gasteiger partial charge in [0, 0.05) is 32.7 Å². The second kappa shape index (κ2) is 4.97. The van der Waals surface area contributed by atoms with Gasteiger partial charge in [0.05, 0.1) is 0 Å². The predicted molar refractivity (Wildman–Crippen MR) is 45.7 cm³/mol. The standard InChI is InChI=1S/C10H19.Y/c1-4-10(9(2)3)7-5-6-8-10;/h9H,1,4-8H2,2-3H3;/q-1;. The maximum atomic E-state index is 4.06. The van der Waals surface area contributed by atoms with Crippen LogP contribution in [0.1, 0.15) is 46.0 Å². The average molecular weight is 228 g/mol. The van der Waals surface area contributed by atoms with Gasteiger partial charge in [0.15, 0.2) is 0 Å². The van der Waals surface area contributed by atoms with Gasteiger partial charge in [0.2, 0.25) is 0 Å². The number of hydrogen-bond donors (Lipinski definition) is 0. The monoisotopic (exact) mass is 228 g/mol. The Morgan fingerprint density at radius 3 is 1.91 bits per heavy atom. The first-order chi connectivity index (χ1) is 4.71. The molecule has 0 aromatic rings. The summed E-state index contributed by atoms with van der Waals surface area (Å²) in [4.78, 5) is 0. The molecule has 0 saturated heterocycles. The molecule has 0 heterocycles. The van der Waals surface area contributed by atoms with E-state index in [4.69, 9.17) is 0 Å². The topological polar surface area (TPSA) is 0 Å². The van der Waals surface area contributed by atoms with E-state index >= 15 is 0 Å². The van der Waals surface area contributed by atoms with E-state index < -0.39 is 0 Å². The summed E-state index contributed by atoms with van der Waals surface area (Å²) < 4.78 is 0. The van der Waals surface area contributed by atoms with E-state index in [1.54, 1.807) is 0 Å². The molecule has 0 bridgehead atoms. The number of hydrogen-bond acceptors (Lipinski definition) is 0. The van der Waals surface area contributed by atoms with Crippen molar-refractivity contribution in [2.45, 2.75) is 46.0 Å². The molecule has 1 fully saturated rings. The molecule has 0 amide bonds. The van der Waals surface area contributed by atoms with Crippen LogP contribution in [0.4, 0.5) is 0 Å². The molecule has 1 saturated carbocycles. The van der Waals surface area contributed by atoms with Gasteiger partial charge in [-0.15, -0.1) is 0 Å². The Morgan fingerprint density at radius 2 is 1.73 bits per heavy atom. The first kappa shape index (κ1) is 12.1. The fourth-order valence-electron chi connectivity index (χ4n) is 2.20. The molecule has 0 nitrogen and oxygen atoms in total. The normalized spacial score (nSPS) is 21.8. The van der Waals surface area contributed by atoms with Crippen molar-refractivity contribution >= 4 is 0 Å². The van der Waals surface area contributed by atoms with Gasteiger partial charge >= 0.3 is 0 Å². The van der Waals surface area contributed by atoms with E-state index in [1.807, 2.05) is 0 Å². The van der Waals surface area contributed by atoms with Crippen molar-refractivity contribution in [3.63, 3.8) is 0 Å². The summed E-state index contributed by atoms with van der Waals surface area (Å²) in [5, 5.41) is 0. The van der Waals surface area contributed by atoms with E-state index in [0.29, 0.717) is 5.41 Å². The fourth-order valence-corrected chi connectivity index (χ4v) is 2.20. The van der Waals surface area contributed by atoms with Crippen LogP contribution in [0.3, 0.4) is 0 Å². The third kappa shape index (κ3) is 2.52. The summed E-state index contributed by atoms with van der Waals surface area (Å²) >= 11 is 0. The van der Waals surface area contributed by atoms with Crippen molar-refractivity contribution in [3.05, 3.63) is 6.92 Å². The molecule has 1 rings (SSSR count). The minimum atomic E-state index is 0. The Kier molecular flexibility index (Phi) is 5.47. The zero-order valence-electron chi connectivity index (χ0n) is 7.90. The Balaban J connectivity index is 0.000001000. The molecule has 11 heavy (non-hydrogen) atoms. The molecule has 1 heteroatoms. The maximum absolute atomic E-state index is 4.06. The summed E-state index contributed by atoms with van der Waals surface area (Å²) in [7, 11) is 0. The Labute approximate surface area is 96.4 Å². The first-order valence-electron chi connectivity index (χ1n) is 4.50. The summed E-state index contributed by atoms with van der Waals surface area (Å²) in [5.74, 6) is 0.840. The Hall–Kier alpha value is 1.10. The minimum absolute atomic E-state index is 0. The largest absolute Gasteiger partial charge is 0.343 e. The van der Waals surface area contributed by atoms with Crippen LogP contribution in [-0.2, 0) is 32.7 Å². The van der Waals surface area contributed by atoms with Gasteiger partial charge < -0.3 is 6.92 Å². The molecule has 0 unspecified atom stereocenters. The van der Waals surface area contributed by atoms with Gasteiger partial charge in [-0.3, -0.25) is 0 Å². The van der Waals surface area contributed by atoms with E-state index in [2.05, 4.69) is 20.8 Å². The second-order valence-electron chi connectivity index (χ2n) is 3.97. The maximum Gasteiger partial charge on any atom is 0 e. The molecule has 1 aliphatic rings. The van der Waals surface area contributed by atoms with Gasteiger partial charge in [-0.25, -0.2) is 0 Å². The molecule has 0 aliphatic heterocycles. The molecule has 0 N–H and O–H groups in total. The predicted octanol–water partition coefficient (Wildman–Crippen LogP) is 3.42. The van der Waals surface area contributed by atoms with Crippen LogP contribution >= 0.6 is 0 Å². The molecular weight excluding hydrogens is 209 g/mol. The Bertz CT molecular complexity index is 101. The van der Waals surface area contributed by atoms with Crippen molar-refractivity contribution in [3.8, 4) is 0 Å². The Morgan fingerprint density at radius 1 is 1.27 bits per heavy atom. The quantitative estimate of drug-likeness (QED) is 0.635. The van der Waals surface area contributed by atoms with Gasteiger partial charge in [-0.2, -0.15) is 6.42 Å². The van der Waals surface area contributed by atoms with Crippen LogP contribution in [0.15, 0.2) is 0 Å². The molecule has 63 valence electrons. The van der Waals surface area contributed by atoms with E-state index in [1.165, 1.54) is 25.7 Å². The zero-order chi connectivity index (χ0) is 7.61. The van der Waals surface area contributed by atoms with E-state index in [-0.39, 0.29) is 32.7 Å². The van der Waals surface area contributed by atoms with Gasteiger partial charge in [0.1, 0.15) is 0 Å². The first-order valence-corrected chi connectivity index (χ1v) is 4.50. The fraction of sp³-hybridized carbons (Fsp3) is 0.900. The van der Waals surface area contributed by atoms with Gasteiger partial charge in [-0.1, -0.05) is 32.1 Å². The summed E-state index contributed by atoms with van der Waals surface area (Å²) in [6, 6.07) is 0. The molecule has 1 aliphatic carbocycles. The van der Waals surface area contributed by atoms with Crippen LogP contribution in [-0.4, -0.2) is 0 Å². The van der Waals surface area contributed by atoms with E-state index in [0.717, 1.165) is 12.3 Å². The SMILES string of the molecule is [CH2-]CC1(C(C)C)CCCC1.[Y]. The molecule has 0 aromatic heterocycles. The molecule has 0 aromatic carbocycles. The van der Waals surface area contributed by atoms with Crippen LogP contribution < -0.4 is 0 Å². The summed E-state index contributed by atoms with van der Waals surface area (Å²) in [5.41, 5.74) is 0.625. The minimum Gasteiger partial charge on any atom is -0.343 e.